The van der Waals surface area contributed by atoms with Crippen molar-refractivity contribution in [2.24, 2.45) is 11.8 Å². The summed E-state index contributed by atoms with van der Waals surface area (Å²) in [5.74, 6) is 1.33. The number of nitrogens with one attached hydrogen (secondary N) is 1. The molecule has 0 amide bonds. The summed E-state index contributed by atoms with van der Waals surface area (Å²) in [6.45, 7) is 7.10. The van der Waals surface area contributed by atoms with Crippen LogP contribution in [-0.4, -0.2) is 24.3 Å². The van der Waals surface area contributed by atoms with E-state index >= 15 is 0 Å². The molecule has 2 fully saturated rings. The van der Waals surface area contributed by atoms with E-state index in [1.54, 1.807) is 0 Å². The van der Waals surface area contributed by atoms with Gasteiger partial charge in [-0.15, -0.1) is 0 Å². The Balaban J connectivity index is 1.88. The van der Waals surface area contributed by atoms with Crippen LogP contribution in [0, 0.1) is 23.2 Å². The Morgan fingerprint density at radius 3 is 2.32 bits per heavy atom. The van der Waals surface area contributed by atoms with Crippen LogP contribution >= 0.6 is 0 Å². The molecule has 0 bridgehead atoms. The Hall–Kier alpha value is -0.590. The molecule has 0 heterocycles. The quantitative estimate of drug-likeness (QED) is 0.801. The second kappa shape index (κ2) is 6.24. The van der Waals surface area contributed by atoms with Gasteiger partial charge < -0.3 is 4.74 Å². The van der Waals surface area contributed by atoms with Crippen molar-refractivity contribution in [3.63, 3.8) is 0 Å². The van der Waals surface area contributed by atoms with Crippen LogP contribution in [0.1, 0.15) is 59.3 Å². The fraction of sp³-hybridized carbons (Fsp3) is 0.938. The second-order valence-corrected chi connectivity index (χ2v) is 6.85. The molecule has 1 unspecified atom stereocenters. The lowest BCUT2D eigenvalue weighted by atomic mass is 9.88. The lowest BCUT2D eigenvalue weighted by Gasteiger charge is -2.33. The fourth-order valence-corrected chi connectivity index (χ4v) is 3.17. The van der Waals surface area contributed by atoms with Crippen LogP contribution in [0.3, 0.4) is 0 Å². The molecule has 0 radical (unpaired) electrons. The van der Waals surface area contributed by atoms with Gasteiger partial charge in [-0.05, 0) is 64.2 Å². The molecule has 0 aliphatic heterocycles. The molecule has 0 aromatic rings. The highest BCUT2D eigenvalue weighted by molar-refractivity contribution is 5.16. The van der Waals surface area contributed by atoms with Gasteiger partial charge in [0, 0.05) is 6.04 Å². The summed E-state index contributed by atoms with van der Waals surface area (Å²) in [5, 5.41) is 13.1. The topological polar surface area (TPSA) is 45.0 Å². The molecular weight excluding hydrogens is 236 g/mol. The maximum Gasteiger partial charge on any atom is 0.133 e. The third-order valence-electron chi connectivity index (χ3n) is 4.53. The van der Waals surface area contributed by atoms with Crippen LogP contribution in [0.2, 0.25) is 0 Å². The number of ether oxygens (including phenoxy) is 1. The average molecular weight is 264 g/mol. The summed E-state index contributed by atoms with van der Waals surface area (Å²) in [6, 6.07) is 2.85. The first-order chi connectivity index (χ1) is 9.05. The van der Waals surface area contributed by atoms with Gasteiger partial charge in [0.25, 0.3) is 0 Å². The van der Waals surface area contributed by atoms with Crippen molar-refractivity contribution < 1.29 is 4.74 Å². The van der Waals surface area contributed by atoms with Gasteiger partial charge in [0.1, 0.15) is 5.54 Å². The Morgan fingerprint density at radius 1 is 1.21 bits per heavy atom. The van der Waals surface area contributed by atoms with E-state index in [0.717, 1.165) is 18.8 Å². The molecule has 1 atom stereocenters. The predicted molar refractivity (Wildman–Crippen MR) is 76.7 cm³/mol. The lowest BCUT2D eigenvalue weighted by Crippen LogP contribution is -2.53. The van der Waals surface area contributed by atoms with Gasteiger partial charge in [-0.1, -0.05) is 6.92 Å². The van der Waals surface area contributed by atoms with E-state index < -0.39 is 5.54 Å². The summed E-state index contributed by atoms with van der Waals surface area (Å²) in [7, 11) is 0. The average Bonchev–Trinajstić information content (AvgIpc) is 3.20. The zero-order valence-electron chi connectivity index (χ0n) is 12.6. The van der Waals surface area contributed by atoms with Crippen LogP contribution < -0.4 is 5.32 Å². The van der Waals surface area contributed by atoms with Gasteiger partial charge in [-0.25, -0.2) is 0 Å². The van der Waals surface area contributed by atoms with Gasteiger partial charge in [0.05, 0.1) is 18.8 Å². The van der Waals surface area contributed by atoms with Crippen molar-refractivity contribution in [1.29, 1.82) is 5.26 Å². The van der Waals surface area contributed by atoms with E-state index in [2.05, 4.69) is 32.2 Å². The van der Waals surface area contributed by atoms with Crippen LogP contribution in [0.25, 0.3) is 0 Å². The predicted octanol–water partition coefficient (Wildman–Crippen LogP) is 3.25. The largest absolute Gasteiger partial charge is 0.375 e. The van der Waals surface area contributed by atoms with Gasteiger partial charge in [0.2, 0.25) is 0 Å². The van der Waals surface area contributed by atoms with Crippen molar-refractivity contribution in [3.05, 3.63) is 0 Å². The molecule has 0 saturated heterocycles. The summed E-state index contributed by atoms with van der Waals surface area (Å²) in [5.41, 5.74) is -0.447. The molecule has 2 saturated carbocycles. The minimum absolute atomic E-state index is 0.329. The minimum atomic E-state index is -0.447. The van der Waals surface area contributed by atoms with Gasteiger partial charge in [-0.2, -0.15) is 5.26 Å². The van der Waals surface area contributed by atoms with E-state index in [-0.39, 0.29) is 0 Å². The molecule has 19 heavy (non-hydrogen) atoms. The number of hydrogen-bond donors (Lipinski definition) is 1. The Kier molecular flexibility index (Phi) is 4.86. The van der Waals surface area contributed by atoms with Crippen LogP contribution in [-0.2, 0) is 4.74 Å². The summed E-state index contributed by atoms with van der Waals surface area (Å²) in [6.07, 6.45) is 7.56. The van der Waals surface area contributed by atoms with E-state index in [1.165, 1.54) is 25.7 Å². The Labute approximate surface area is 117 Å². The maximum absolute atomic E-state index is 9.61. The first-order valence-electron chi connectivity index (χ1n) is 7.86. The molecule has 3 heteroatoms. The van der Waals surface area contributed by atoms with E-state index in [9.17, 15) is 5.26 Å². The van der Waals surface area contributed by atoms with E-state index in [4.69, 9.17) is 4.74 Å². The normalized spacial score (nSPS) is 30.9. The highest BCUT2D eigenvalue weighted by atomic mass is 16.5. The molecule has 2 aliphatic rings. The third-order valence-corrected chi connectivity index (χ3v) is 4.53. The molecule has 2 aliphatic carbocycles. The van der Waals surface area contributed by atoms with Crippen LogP contribution in [0.5, 0.6) is 0 Å². The van der Waals surface area contributed by atoms with Gasteiger partial charge in [-0.3, -0.25) is 5.32 Å². The first kappa shape index (κ1) is 14.8. The highest BCUT2D eigenvalue weighted by Gasteiger charge is 2.46. The van der Waals surface area contributed by atoms with Crippen molar-refractivity contribution in [2.75, 3.05) is 6.61 Å². The van der Waals surface area contributed by atoms with E-state index in [1.807, 2.05) is 0 Å². The zero-order valence-corrected chi connectivity index (χ0v) is 12.6. The van der Waals surface area contributed by atoms with Crippen molar-refractivity contribution in [3.8, 4) is 6.07 Å². The standard InChI is InChI=1S/C16H28N2O/c1-12(2)18-16(10-17,14-6-7-14)11-19-15-8-4-13(3)5-9-15/h12-15,18H,4-9,11H2,1-3H3. The smallest absolute Gasteiger partial charge is 0.133 e. The molecule has 3 nitrogen and oxygen atoms in total. The van der Waals surface area contributed by atoms with Crippen molar-refractivity contribution >= 4 is 0 Å². The third kappa shape index (κ3) is 3.94. The number of nitrogens with zero attached hydrogens (tertiary/aromatic N) is 1. The number of hydrogen-bond acceptors (Lipinski definition) is 3. The molecule has 1 N–H and O–H groups in total. The minimum Gasteiger partial charge on any atom is -0.375 e. The molecular formula is C16H28N2O. The van der Waals surface area contributed by atoms with Gasteiger partial charge >= 0.3 is 0 Å². The highest BCUT2D eigenvalue weighted by Crippen LogP contribution is 2.40. The monoisotopic (exact) mass is 264 g/mol. The van der Waals surface area contributed by atoms with Crippen molar-refractivity contribution in [1.82, 2.24) is 5.32 Å². The summed E-state index contributed by atoms with van der Waals surface area (Å²) < 4.78 is 6.10. The number of nitriles is 1. The summed E-state index contributed by atoms with van der Waals surface area (Å²) >= 11 is 0. The maximum atomic E-state index is 9.61. The number of rotatable bonds is 6. The Morgan fingerprint density at radius 2 is 1.84 bits per heavy atom. The molecule has 2 rings (SSSR count). The first-order valence-corrected chi connectivity index (χ1v) is 7.86. The summed E-state index contributed by atoms with van der Waals surface area (Å²) in [4.78, 5) is 0. The SMILES string of the molecule is CC1CCC(OCC(C#N)(NC(C)C)C2CC2)CC1. The van der Waals surface area contributed by atoms with Gasteiger partial charge in [0.15, 0.2) is 0 Å². The van der Waals surface area contributed by atoms with Crippen LogP contribution in [0.15, 0.2) is 0 Å². The Bertz CT molecular complexity index is 324. The zero-order chi connectivity index (χ0) is 13.9. The fourth-order valence-electron chi connectivity index (χ4n) is 3.17. The molecule has 0 spiro atoms. The molecule has 0 aromatic carbocycles. The van der Waals surface area contributed by atoms with Crippen molar-refractivity contribution in [2.45, 2.75) is 77.0 Å². The molecule has 0 aromatic heterocycles. The second-order valence-electron chi connectivity index (χ2n) is 6.85. The lowest BCUT2D eigenvalue weighted by molar-refractivity contribution is -0.00952. The van der Waals surface area contributed by atoms with Crippen LogP contribution in [0.4, 0.5) is 0 Å². The van der Waals surface area contributed by atoms with E-state index in [0.29, 0.717) is 24.7 Å². The molecule has 108 valence electrons.